The van der Waals surface area contributed by atoms with Crippen LogP contribution >= 0.6 is 0 Å². The molecule has 1 rings (SSSR count). The summed E-state index contributed by atoms with van der Waals surface area (Å²) in [6, 6.07) is 9.14. The van der Waals surface area contributed by atoms with Gasteiger partial charge in [0.25, 0.3) is 0 Å². The van der Waals surface area contributed by atoms with Crippen molar-refractivity contribution in [3.05, 3.63) is 29.8 Å². The van der Waals surface area contributed by atoms with Crippen molar-refractivity contribution in [2.24, 2.45) is 0 Å². The van der Waals surface area contributed by atoms with E-state index in [4.69, 9.17) is 0 Å². The Morgan fingerprint density at radius 1 is 0.485 bits per heavy atom. The standard InChI is InChI=1S/C31H58N.H2O/c1-5-8-9-10-11-12-13-14-15-16-17-18-19-20-21-24-29-32(27-6-2,28-7-3)31-26-23-22-25-30(31)4;/h22-23,25-26H,5-21,24,27-29H2,1-4H3;1H2/q+1;/p-1. The molecule has 0 aliphatic heterocycles. The van der Waals surface area contributed by atoms with Gasteiger partial charge >= 0.3 is 0 Å². The molecule has 1 N–H and O–H groups in total. The number of hydrogen-bond donors (Lipinski definition) is 0. The molecule has 2 heteroatoms. The van der Waals surface area contributed by atoms with Crippen LogP contribution < -0.4 is 4.48 Å². The van der Waals surface area contributed by atoms with E-state index < -0.39 is 0 Å². The highest BCUT2D eigenvalue weighted by Crippen LogP contribution is 2.29. The van der Waals surface area contributed by atoms with Gasteiger partial charge in [-0.1, -0.05) is 129 Å². The minimum Gasteiger partial charge on any atom is -0.870 e. The molecule has 0 aromatic heterocycles. The Balaban J connectivity index is 0.0000102. The highest BCUT2D eigenvalue weighted by molar-refractivity contribution is 5.49. The van der Waals surface area contributed by atoms with Gasteiger partial charge in [-0.2, -0.15) is 0 Å². The molecule has 0 atom stereocenters. The van der Waals surface area contributed by atoms with Crippen molar-refractivity contribution in [1.82, 2.24) is 4.48 Å². The molecule has 1 aromatic rings. The fraction of sp³-hybridized carbons (Fsp3) is 0.806. The van der Waals surface area contributed by atoms with Crippen molar-refractivity contribution in [3.63, 3.8) is 0 Å². The number of aryl methyl sites for hydroxylation is 1. The summed E-state index contributed by atoms with van der Waals surface area (Å²) in [5.41, 5.74) is 3.06. The molecule has 0 radical (unpaired) electrons. The van der Waals surface area contributed by atoms with Crippen molar-refractivity contribution in [2.45, 2.75) is 143 Å². The van der Waals surface area contributed by atoms with Crippen LogP contribution in [-0.2, 0) is 0 Å². The molecule has 0 saturated carbocycles. The first kappa shape index (κ1) is 32.1. The molecule has 0 bridgehead atoms. The van der Waals surface area contributed by atoms with Gasteiger partial charge in [0.15, 0.2) is 0 Å². The molecule has 194 valence electrons. The van der Waals surface area contributed by atoms with Crippen molar-refractivity contribution in [3.8, 4) is 0 Å². The number of benzene rings is 1. The molecule has 0 aliphatic rings. The Morgan fingerprint density at radius 3 is 1.27 bits per heavy atom. The molecule has 0 spiro atoms. The molecule has 0 heterocycles. The Labute approximate surface area is 208 Å². The average Bonchev–Trinajstić information content (AvgIpc) is 2.79. The van der Waals surface area contributed by atoms with E-state index in [0.717, 1.165) is 0 Å². The van der Waals surface area contributed by atoms with Gasteiger partial charge in [0.2, 0.25) is 0 Å². The number of unbranched alkanes of at least 4 members (excludes halogenated alkanes) is 15. The van der Waals surface area contributed by atoms with Crippen LogP contribution in [-0.4, -0.2) is 25.1 Å². The quantitative estimate of drug-likeness (QED) is 0.125. The molecule has 0 amide bonds. The molecule has 0 unspecified atom stereocenters. The van der Waals surface area contributed by atoms with Crippen LogP contribution in [0.2, 0.25) is 0 Å². The van der Waals surface area contributed by atoms with Gasteiger partial charge in [-0.15, -0.1) is 0 Å². The van der Waals surface area contributed by atoms with E-state index in [9.17, 15) is 0 Å². The monoisotopic (exact) mass is 461 g/mol. The fourth-order valence-corrected chi connectivity index (χ4v) is 5.61. The third-order valence-electron chi connectivity index (χ3n) is 7.37. The predicted octanol–water partition coefficient (Wildman–Crippen LogP) is 10.2. The third-order valence-corrected chi connectivity index (χ3v) is 7.37. The zero-order valence-electron chi connectivity index (χ0n) is 23.1. The van der Waals surface area contributed by atoms with E-state index in [2.05, 4.69) is 52.0 Å². The van der Waals surface area contributed by atoms with Gasteiger partial charge in [-0.05, 0) is 38.7 Å². The van der Waals surface area contributed by atoms with Crippen LogP contribution in [0.5, 0.6) is 0 Å². The lowest BCUT2D eigenvalue weighted by molar-refractivity contribution is 0.264. The fourth-order valence-electron chi connectivity index (χ4n) is 5.61. The predicted molar refractivity (Wildman–Crippen MR) is 150 cm³/mol. The summed E-state index contributed by atoms with van der Waals surface area (Å²) in [4.78, 5) is 0. The molecule has 1 aromatic carbocycles. The van der Waals surface area contributed by atoms with Crippen molar-refractivity contribution >= 4 is 5.69 Å². The summed E-state index contributed by atoms with van der Waals surface area (Å²) < 4.78 is 1.21. The molecule has 2 nitrogen and oxygen atoms in total. The largest absolute Gasteiger partial charge is 0.870 e. The second kappa shape index (κ2) is 21.7. The second-order valence-corrected chi connectivity index (χ2v) is 10.4. The summed E-state index contributed by atoms with van der Waals surface area (Å²) in [5.74, 6) is 0. The first-order valence-electron chi connectivity index (χ1n) is 14.6. The van der Waals surface area contributed by atoms with Gasteiger partial charge in [-0.25, -0.2) is 0 Å². The molecule has 33 heavy (non-hydrogen) atoms. The summed E-state index contributed by atoms with van der Waals surface area (Å²) in [6.45, 7) is 13.2. The van der Waals surface area contributed by atoms with Crippen LogP contribution in [0.4, 0.5) is 5.69 Å². The minimum absolute atomic E-state index is 0. The average molecular weight is 462 g/mol. The Morgan fingerprint density at radius 2 is 0.879 bits per heavy atom. The van der Waals surface area contributed by atoms with Gasteiger partial charge in [0.05, 0.1) is 19.6 Å². The van der Waals surface area contributed by atoms with E-state index in [1.54, 1.807) is 5.69 Å². The van der Waals surface area contributed by atoms with Crippen LogP contribution in [0.1, 0.15) is 142 Å². The maximum absolute atomic E-state index is 2.40. The maximum atomic E-state index is 2.40. The van der Waals surface area contributed by atoms with Crippen LogP contribution in [0.25, 0.3) is 0 Å². The van der Waals surface area contributed by atoms with Gasteiger partial charge in [0, 0.05) is 5.56 Å². The van der Waals surface area contributed by atoms with Crippen LogP contribution in [0, 0.1) is 6.92 Å². The van der Waals surface area contributed by atoms with E-state index in [1.807, 2.05) is 0 Å². The topological polar surface area (TPSA) is 30.0 Å². The van der Waals surface area contributed by atoms with Crippen molar-refractivity contribution in [1.29, 1.82) is 0 Å². The number of para-hydroxylation sites is 1. The zero-order chi connectivity index (χ0) is 23.3. The summed E-state index contributed by atoms with van der Waals surface area (Å²) >= 11 is 0. The summed E-state index contributed by atoms with van der Waals surface area (Å²) in [5, 5.41) is 0. The van der Waals surface area contributed by atoms with E-state index >= 15 is 0 Å². The molecule has 0 aliphatic carbocycles. The number of quaternary nitrogens is 1. The minimum atomic E-state index is 0. The van der Waals surface area contributed by atoms with Gasteiger partial charge in [0.1, 0.15) is 5.69 Å². The first-order chi connectivity index (χ1) is 15.7. The lowest BCUT2D eigenvalue weighted by Gasteiger charge is -2.39. The van der Waals surface area contributed by atoms with E-state index in [-0.39, 0.29) is 5.48 Å². The lowest BCUT2D eigenvalue weighted by atomic mass is 10.0. The van der Waals surface area contributed by atoms with Crippen molar-refractivity contribution < 1.29 is 5.48 Å². The Bertz CT molecular complexity index is 535. The third kappa shape index (κ3) is 14.2. The SMILES string of the molecule is CCCCCCCCCCCCCCCCCC[N+](CCC)(CCC)c1ccccc1C.[OH-]. The number of nitrogens with zero attached hydrogens (tertiary/aromatic N) is 1. The number of hydrogen-bond acceptors (Lipinski definition) is 1. The summed E-state index contributed by atoms with van der Waals surface area (Å²) in [6.07, 6.45) is 25.7. The summed E-state index contributed by atoms with van der Waals surface area (Å²) in [7, 11) is 0. The first-order valence-corrected chi connectivity index (χ1v) is 14.6. The Kier molecular flexibility index (Phi) is 21.1. The van der Waals surface area contributed by atoms with Crippen LogP contribution in [0.3, 0.4) is 0 Å². The van der Waals surface area contributed by atoms with E-state index in [0.29, 0.717) is 0 Å². The molecule has 0 fully saturated rings. The molecule has 0 saturated heterocycles. The van der Waals surface area contributed by atoms with Gasteiger partial charge in [-0.3, -0.25) is 4.48 Å². The molecular weight excluding hydrogens is 402 g/mol. The normalized spacial score (nSPS) is 11.5. The zero-order valence-corrected chi connectivity index (χ0v) is 23.1. The highest BCUT2D eigenvalue weighted by Gasteiger charge is 2.29. The second-order valence-electron chi connectivity index (χ2n) is 10.4. The lowest BCUT2D eigenvalue weighted by Crippen LogP contribution is -2.51. The Hall–Kier alpha value is -0.860. The highest BCUT2D eigenvalue weighted by atomic mass is 16.0. The van der Waals surface area contributed by atoms with Crippen molar-refractivity contribution in [2.75, 3.05) is 19.6 Å². The number of rotatable bonds is 22. The van der Waals surface area contributed by atoms with Crippen LogP contribution in [0.15, 0.2) is 24.3 Å². The van der Waals surface area contributed by atoms with E-state index in [1.165, 1.54) is 145 Å². The smallest absolute Gasteiger partial charge is 0.135 e. The molecular formula is C31H59NO. The maximum Gasteiger partial charge on any atom is 0.135 e. The van der Waals surface area contributed by atoms with Gasteiger partial charge < -0.3 is 5.48 Å².